The Bertz CT molecular complexity index is 452. The smallest absolute Gasteiger partial charge is 0.166 e. The average Bonchev–Trinajstić information content (AvgIpc) is 3.08. The molecule has 0 saturated carbocycles. The van der Waals surface area contributed by atoms with Crippen molar-refractivity contribution in [2.24, 2.45) is 0 Å². The van der Waals surface area contributed by atoms with Crippen LogP contribution in [0.2, 0.25) is 0 Å². The normalized spacial score (nSPS) is 21.6. The lowest BCUT2D eigenvalue weighted by atomic mass is 10.00. The van der Waals surface area contributed by atoms with Crippen molar-refractivity contribution in [1.29, 1.82) is 0 Å². The van der Waals surface area contributed by atoms with Crippen LogP contribution in [-0.2, 0) is 11.3 Å². The van der Waals surface area contributed by atoms with Crippen LogP contribution in [0.5, 0.6) is 0 Å². The quantitative estimate of drug-likeness (QED) is 0.825. The van der Waals surface area contributed by atoms with Crippen molar-refractivity contribution in [2.75, 3.05) is 26.3 Å². The molecule has 0 atom stereocenters. The number of hydrogen-bond donors (Lipinski definition) is 2. The molecule has 122 valence electrons. The lowest BCUT2D eigenvalue weighted by Crippen LogP contribution is -2.50. The number of rotatable bonds is 4. The molecule has 0 bridgehead atoms. The minimum Gasteiger partial charge on any atom is -0.467 e. The Hall–Kier alpha value is -1.11. The van der Waals surface area contributed by atoms with Crippen molar-refractivity contribution in [3.05, 3.63) is 24.2 Å². The van der Waals surface area contributed by atoms with Crippen molar-refractivity contribution < 1.29 is 9.15 Å². The van der Waals surface area contributed by atoms with Crippen LogP contribution < -0.4 is 10.6 Å². The van der Waals surface area contributed by atoms with Gasteiger partial charge in [0.2, 0.25) is 0 Å². The van der Waals surface area contributed by atoms with Gasteiger partial charge >= 0.3 is 0 Å². The van der Waals surface area contributed by atoms with Crippen LogP contribution >= 0.6 is 12.2 Å². The Balaban J connectivity index is 1.35. The number of nitrogens with zero attached hydrogens (tertiary/aromatic N) is 1. The first kappa shape index (κ1) is 15.8. The summed E-state index contributed by atoms with van der Waals surface area (Å²) >= 11 is 5.37. The highest BCUT2D eigenvalue weighted by atomic mass is 32.1. The minimum absolute atomic E-state index is 0.479. The molecule has 2 saturated heterocycles. The van der Waals surface area contributed by atoms with Crippen LogP contribution in [0.25, 0.3) is 0 Å². The van der Waals surface area contributed by atoms with Gasteiger partial charge in [-0.3, -0.25) is 0 Å². The molecule has 1 aromatic rings. The summed E-state index contributed by atoms with van der Waals surface area (Å²) in [6, 6.07) is 5.04. The fraction of sp³-hybridized carbons (Fsp3) is 0.688. The molecule has 0 unspecified atom stereocenters. The van der Waals surface area contributed by atoms with Crippen LogP contribution in [-0.4, -0.2) is 48.4 Å². The molecule has 5 nitrogen and oxygen atoms in total. The Labute approximate surface area is 137 Å². The summed E-state index contributed by atoms with van der Waals surface area (Å²) in [5.41, 5.74) is 0. The molecule has 3 heterocycles. The average molecular weight is 323 g/mol. The van der Waals surface area contributed by atoms with Gasteiger partial charge in [-0.1, -0.05) is 0 Å². The monoisotopic (exact) mass is 323 g/mol. The lowest BCUT2D eigenvalue weighted by Gasteiger charge is -2.39. The van der Waals surface area contributed by atoms with E-state index >= 15 is 0 Å². The molecule has 2 aliphatic rings. The highest BCUT2D eigenvalue weighted by Crippen LogP contribution is 2.19. The standard InChI is InChI=1S/C16H25N3O2S/c22-16(17-12-15-2-1-9-21-15)18-13-3-7-19(8-4-13)14-5-10-20-11-6-14/h1-2,9,13-14H,3-8,10-12H2,(H2,17,18,22). The summed E-state index contributed by atoms with van der Waals surface area (Å²) in [5.74, 6) is 0.901. The summed E-state index contributed by atoms with van der Waals surface area (Å²) in [6.45, 7) is 4.79. The van der Waals surface area contributed by atoms with E-state index in [1.165, 1.54) is 12.8 Å². The predicted molar refractivity (Wildman–Crippen MR) is 89.7 cm³/mol. The summed E-state index contributed by atoms with van der Waals surface area (Å²) in [6.07, 6.45) is 6.35. The molecule has 6 heteroatoms. The van der Waals surface area contributed by atoms with Crippen molar-refractivity contribution in [3.63, 3.8) is 0 Å². The van der Waals surface area contributed by atoms with E-state index in [0.29, 0.717) is 12.6 Å². The second kappa shape index (κ2) is 7.94. The van der Waals surface area contributed by atoms with Gasteiger partial charge in [-0.25, -0.2) is 0 Å². The lowest BCUT2D eigenvalue weighted by molar-refractivity contribution is 0.0247. The molecule has 2 aliphatic heterocycles. The van der Waals surface area contributed by atoms with Gasteiger partial charge in [-0.05, 0) is 50.0 Å². The van der Waals surface area contributed by atoms with E-state index < -0.39 is 0 Å². The number of nitrogens with one attached hydrogen (secondary N) is 2. The van der Waals surface area contributed by atoms with Gasteiger partial charge in [0, 0.05) is 38.4 Å². The Morgan fingerprint density at radius 1 is 1.23 bits per heavy atom. The third kappa shape index (κ3) is 4.44. The van der Waals surface area contributed by atoms with Crippen LogP contribution in [0.15, 0.2) is 22.8 Å². The van der Waals surface area contributed by atoms with Crippen LogP contribution in [0.1, 0.15) is 31.4 Å². The third-order valence-corrected chi connectivity index (χ3v) is 4.84. The molecule has 0 aliphatic carbocycles. The van der Waals surface area contributed by atoms with Gasteiger partial charge in [-0.15, -0.1) is 0 Å². The molecular formula is C16H25N3O2S. The summed E-state index contributed by atoms with van der Waals surface area (Å²) < 4.78 is 10.7. The SMILES string of the molecule is S=C(NCc1ccco1)NC1CCN(C2CCOCC2)CC1. The molecule has 0 aromatic carbocycles. The van der Waals surface area contributed by atoms with Crippen LogP contribution in [0.3, 0.4) is 0 Å². The number of likely N-dealkylation sites (tertiary alicyclic amines) is 1. The van der Waals surface area contributed by atoms with Gasteiger partial charge in [0.05, 0.1) is 12.8 Å². The van der Waals surface area contributed by atoms with Gasteiger partial charge in [0.25, 0.3) is 0 Å². The summed E-state index contributed by atoms with van der Waals surface area (Å²) in [7, 11) is 0. The topological polar surface area (TPSA) is 49.7 Å². The fourth-order valence-electron chi connectivity index (χ4n) is 3.28. The zero-order valence-corrected chi connectivity index (χ0v) is 13.7. The third-order valence-electron chi connectivity index (χ3n) is 4.58. The zero-order chi connectivity index (χ0) is 15.2. The van der Waals surface area contributed by atoms with E-state index in [4.69, 9.17) is 21.4 Å². The summed E-state index contributed by atoms with van der Waals surface area (Å²) in [5, 5.41) is 7.36. The predicted octanol–water partition coefficient (Wildman–Crippen LogP) is 1.89. The maximum atomic E-state index is 5.45. The van der Waals surface area contributed by atoms with Crippen molar-refractivity contribution in [3.8, 4) is 0 Å². The maximum absolute atomic E-state index is 5.45. The molecule has 3 rings (SSSR count). The van der Waals surface area contributed by atoms with E-state index in [-0.39, 0.29) is 0 Å². The van der Waals surface area contributed by atoms with Crippen molar-refractivity contribution in [1.82, 2.24) is 15.5 Å². The van der Waals surface area contributed by atoms with Crippen molar-refractivity contribution in [2.45, 2.75) is 44.3 Å². The van der Waals surface area contributed by atoms with Crippen LogP contribution in [0.4, 0.5) is 0 Å². The first-order chi connectivity index (χ1) is 10.8. The number of thiocarbonyl (C=S) groups is 1. The molecule has 0 radical (unpaired) electrons. The highest BCUT2D eigenvalue weighted by molar-refractivity contribution is 7.80. The van der Waals surface area contributed by atoms with Gasteiger partial charge in [-0.2, -0.15) is 0 Å². The Morgan fingerprint density at radius 3 is 2.68 bits per heavy atom. The highest BCUT2D eigenvalue weighted by Gasteiger charge is 2.26. The van der Waals surface area contributed by atoms with Gasteiger partial charge < -0.3 is 24.7 Å². The van der Waals surface area contributed by atoms with Gasteiger partial charge in [0.1, 0.15) is 5.76 Å². The maximum Gasteiger partial charge on any atom is 0.166 e. The molecule has 2 N–H and O–H groups in total. The number of hydrogen-bond acceptors (Lipinski definition) is 4. The van der Waals surface area contributed by atoms with Gasteiger partial charge in [0.15, 0.2) is 5.11 Å². The van der Waals surface area contributed by atoms with E-state index in [0.717, 1.165) is 56.1 Å². The Morgan fingerprint density at radius 2 is 2.00 bits per heavy atom. The van der Waals surface area contributed by atoms with E-state index in [1.807, 2.05) is 12.1 Å². The van der Waals surface area contributed by atoms with E-state index in [9.17, 15) is 0 Å². The largest absolute Gasteiger partial charge is 0.467 e. The first-order valence-electron chi connectivity index (χ1n) is 8.20. The van der Waals surface area contributed by atoms with E-state index in [2.05, 4.69) is 15.5 Å². The minimum atomic E-state index is 0.479. The molecule has 2 fully saturated rings. The molecule has 0 spiro atoms. The second-order valence-electron chi connectivity index (χ2n) is 6.06. The molecular weight excluding hydrogens is 298 g/mol. The molecule has 22 heavy (non-hydrogen) atoms. The number of furan rings is 1. The second-order valence-corrected chi connectivity index (χ2v) is 6.47. The van der Waals surface area contributed by atoms with Crippen molar-refractivity contribution >= 4 is 17.3 Å². The summed E-state index contributed by atoms with van der Waals surface area (Å²) in [4.78, 5) is 2.63. The van der Waals surface area contributed by atoms with Crippen LogP contribution in [0, 0.1) is 0 Å². The van der Waals surface area contributed by atoms with E-state index in [1.54, 1.807) is 6.26 Å². The zero-order valence-electron chi connectivity index (χ0n) is 12.9. The number of ether oxygens (including phenoxy) is 1. The fourth-order valence-corrected chi connectivity index (χ4v) is 3.52. The number of piperidine rings is 1. The first-order valence-corrected chi connectivity index (χ1v) is 8.60. The molecule has 0 amide bonds. The molecule has 1 aromatic heterocycles. The Kier molecular flexibility index (Phi) is 5.70.